The van der Waals surface area contributed by atoms with E-state index in [4.69, 9.17) is 15.2 Å². The zero-order valence-corrected chi connectivity index (χ0v) is 17.9. The molecule has 7 nitrogen and oxygen atoms in total. The fourth-order valence-corrected chi connectivity index (χ4v) is 4.51. The summed E-state index contributed by atoms with van der Waals surface area (Å²) in [5, 5.41) is 0.545. The second-order valence-corrected chi connectivity index (χ2v) is 8.48. The minimum absolute atomic E-state index is 0.209. The van der Waals surface area contributed by atoms with E-state index in [-0.39, 0.29) is 12.6 Å². The number of hydrogen-bond acceptors (Lipinski definition) is 7. The lowest BCUT2D eigenvalue weighted by atomic mass is 10.1. The SMILES string of the molecule is Nc1ncn(CCc2cccc(F)c2)c2nc(Sc3cc4c(cc3Br)OCO4)nc1-2. The van der Waals surface area contributed by atoms with Gasteiger partial charge in [-0.15, -0.1) is 0 Å². The summed E-state index contributed by atoms with van der Waals surface area (Å²) in [5.74, 6) is 2.08. The standard InChI is InChI=1S/C20H15BrFN5O2S/c21-13-7-14-15(29-10-28-14)8-16(13)30-20-25-17-18(23)24-9-27(19(17)26-20)5-4-11-2-1-3-12(22)6-11/h1-3,6-9H,4-5,10,23H2. The predicted molar refractivity (Wildman–Crippen MR) is 113 cm³/mol. The van der Waals surface area contributed by atoms with Gasteiger partial charge in [0, 0.05) is 15.9 Å². The van der Waals surface area contributed by atoms with Crippen LogP contribution < -0.4 is 15.2 Å². The molecular weight excluding hydrogens is 473 g/mol. The monoisotopic (exact) mass is 487 g/mol. The van der Waals surface area contributed by atoms with Crippen LogP contribution in [0.15, 0.2) is 57.3 Å². The normalized spacial score (nSPS) is 12.6. The van der Waals surface area contributed by atoms with Crippen LogP contribution in [0.4, 0.5) is 10.2 Å². The number of nitrogens with zero attached hydrogens (tertiary/aromatic N) is 4. The molecule has 0 aromatic heterocycles. The Balaban J connectivity index is 1.43. The first-order valence-electron chi connectivity index (χ1n) is 9.06. The average molecular weight is 488 g/mol. The van der Waals surface area contributed by atoms with Gasteiger partial charge in [0.15, 0.2) is 34.0 Å². The molecule has 152 valence electrons. The second kappa shape index (κ2) is 7.77. The van der Waals surface area contributed by atoms with Crippen LogP contribution in [0.5, 0.6) is 11.5 Å². The van der Waals surface area contributed by atoms with Gasteiger partial charge in [0.1, 0.15) is 5.82 Å². The summed E-state index contributed by atoms with van der Waals surface area (Å²) >= 11 is 4.94. The maximum absolute atomic E-state index is 13.4. The number of nitrogens with two attached hydrogens (primary N) is 1. The third-order valence-electron chi connectivity index (χ3n) is 4.63. The molecule has 0 saturated heterocycles. The highest BCUT2D eigenvalue weighted by atomic mass is 79.9. The maximum atomic E-state index is 13.4. The molecule has 5 rings (SSSR count). The van der Waals surface area contributed by atoms with E-state index in [1.54, 1.807) is 12.4 Å². The molecule has 3 aliphatic heterocycles. The van der Waals surface area contributed by atoms with E-state index in [9.17, 15) is 4.39 Å². The second-order valence-electron chi connectivity index (χ2n) is 6.62. The summed E-state index contributed by atoms with van der Waals surface area (Å²) in [6.07, 6.45) is 2.27. The van der Waals surface area contributed by atoms with Gasteiger partial charge in [0.2, 0.25) is 6.79 Å². The molecule has 0 amide bonds. The molecule has 2 N–H and O–H groups in total. The Morgan fingerprint density at radius 1 is 1.17 bits per heavy atom. The van der Waals surface area contributed by atoms with Crippen molar-refractivity contribution in [1.29, 1.82) is 0 Å². The zero-order valence-electron chi connectivity index (χ0n) is 15.5. The van der Waals surface area contributed by atoms with Gasteiger partial charge in [0.05, 0.1) is 6.33 Å². The molecule has 3 aliphatic rings. The number of rotatable bonds is 5. The van der Waals surface area contributed by atoms with Crippen molar-refractivity contribution in [3.63, 3.8) is 0 Å². The zero-order chi connectivity index (χ0) is 20.7. The molecule has 0 aliphatic carbocycles. The number of aromatic nitrogens is 4. The summed E-state index contributed by atoms with van der Waals surface area (Å²) < 4.78 is 27.0. The lowest BCUT2D eigenvalue weighted by molar-refractivity contribution is 0.174. The van der Waals surface area contributed by atoms with Crippen LogP contribution in [-0.4, -0.2) is 26.3 Å². The van der Waals surface area contributed by atoms with Gasteiger partial charge < -0.3 is 19.8 Å². The van der Waals surface area contributed by atoms with Crippen LogP contribution in [0.25, 0.3) is 11.5 Å². The van der Waals surface area contributed by atoms with Crippen LogP contribution in [0.1, 0.15) is 5.56 Å². The predicted octanol–water partition coefficient (Wildman–Crippen LogP) is 4.38. The molecule has 0 atom stereocenters. The van der Waals surface area contributed by atoms with Gasteiger partial charge >= 0.3 is 0 Å². The summed E-state index contributed by atoms with van der Waals surface area (Å²) in [4.78, 5) is 14.4. The Morgan fingerprint density at radius 2 is 2.00 bits per heavy atom. The Hall–Kier alpha value is -2.85. The minimum atomic E-state index is -0.251. The lowest BCUT2D eigenvalue weighted by Gasteiger charge is -2.11. The summed E-state index contributed by atoms with van der Waals surface area (Å²) in [6.45, 7) is 0.782. The minimum Gasteiger partial charge on any atom is -0.454 e. The van der Waals surface area contributed by atoms with Crippen molar-refractivity contribution in [3.05, 3.63) is 58.6 Å². The Labute approximate surface area is 183 Å². The van der Waals surface area contributed by atoms with Crippen molar-refractivity contribution in [2.45, 2.75) is 23.0 Å². The van der Waals surface area contributed by atoms with Gasteiger partial charge in [-0.05, 0) is 63.9 Å². The Kier molecular flexibility index (Phi) is 4.95. The van der Waals surface area contributed by atoms with Gasteiger partial charge in [0.25, 0.3) is 0 Å². The van der Waals surface area contributed by atoms with E-state index in [2.05, 4.69) is 30.9 Å². The van der Waals surface area contributed by atoms with E-state index >= 15 is 0 Å². The van der Waals surface area contributed by atoms with Crippen molar-refractivity contribution < 1.29 is 13.9 Å². The van der Waals surface area contributed by atoms with Crippen molar-refractivity contribution in [2.24, 2.45) is 0 Å². The molecule has 10 heteroatoms. The number of ether oxygens (including phenoxy) is 2. The molecule has 0 unspecified atom stereocenters. The van der Waals surface area contributed by atoms with Crippen LogP contribution in [0, 0.1) is 5.82 Å². The van der Waals surface area contributed by atoms with E-state index < -0.39 is 0 Å². The van der Waals surface area contributed by atoms with E-state index in [0.29, 0.717) is 47.0 Å². The molecule has 2 aromatic carbocycles. The number of imidazole rings is 1. The summed E-state index contributed by atoms with van der Waals surface area (Å²) in [5.41, 5.74) is 7.46. The first kappa shape index (κ1) is 19.1. The molecule has 0 bridgehead atoms. The molecule has 2 aromatic rings. The third kappa shape index (κ3) is 3.68. The van der Waals surface area contributed by atoms with Crippen molar-refractivity contribution in [3.8, 4) is 23.0 Å². The number of hydrogen-bond donors (Lipinski definition) is 1. The molecule has 0 saturated carbocycles. The molecule has 30 heavy (non-hydrogen) atoms. The highest BCUT2D eigenvalue weighted by molar-refractivity contribution is 9.10. The number of aryl methyl sites for hydroxylation is 2. The Bertz CT molecular complexity index is 1220. The quantitative estimate of drug-likeness (QED) is 0.446. The van der Waals surface area contributed by atoms with Gasteiger partial charge in [-0.2, -0.15) is 0 Å². The molecule has 3 heterocycles. The Morgan fingerprint density at radius 3 is 2.83 bits per heavy atom. The first-order chi connectivity index (χ1) is 14.6. The van der Waals surface area contributed by atoms with Crippen LogP contribution in [0.3, 0.4) is 0 Å². The smallest absolute Gasteiger partial charge is 0.231 e. The van der Waals surface area contributed by atoms with Gasteiger partial charge in [-0.3, -0.25) is 0 Å². The summed E-state index contributed by atoms with van der Waals surface area (Å²) in [6, 6.07) is 10.3. The number of benzene rings is 2. The molecular formula is C20H15BrFN5O2S. The summed E-state index contributed by atoms with van der Waals surface area (Å²) in [7, 11) is 0. The van der Waals surface area contributed by atoms with Crippen molar-refractivity contribution in [2.75, 3.05) is 12.5 Å². The largest absolute Gasteiger partial charge is 0.454 e. The number of fused-ring (bicyclic) bond motifs is 2. The highest BCUT2D eigenvalue weighted by Crippen LogP contribution is 2.43. The number of anilines is 1. The first-order valence-corrected chi connectivity index (χ1v) is 10.7. The fraction of sp³-hybridized carbons (Fsp3) is 0.150. The fourth-order valence-electron chi connectivity index (χ4n) is 3.16. The van der Waals surface area contributed by atoms with E-state index in [1.807, 2.05) is 22.8 Å². The molecule has 0 spiro atoms. The van der Waals surface area contributed by atoms with Gasteiger partial charge in [-0.25, -0.2) is 19.3 Å². The lowest BCUT2D eigenvalue weighted by Crippen LogP contribution is -2.10. The van der Waals surface area contributed by atoms with Crippen molar-refractivity contribution >= 4 is 33.5 Å². The third-order valence-corrected chi connectivity index (χ3v) is 6.47. The van der Waals surface area contributed by atoms with E-state index in [1.165, 1.54) is 23.9 Å². The van der Waals surface area contributed by atoms with Crippen LogP contribution in [-0.2, 0) is 13.0 Å². The highest BCUT2D eigenvalue weighted by Gasteiger charge is 2.22. The average Bonchev–Trinajstić information content (AvgIpc) is 3.35. The number of nitrogen functional groups attached to an aromatic ring is 1. The van der Waals surface area contributed by atoms with Crippen molar-refractivity contribution in [1.82, 2.24) is 19.5 Å². The van der Waals surface area contributed by atoms with Crippen LogP contribution in [0.2, 0.25) is 0 Å². The molecule has 0 radical (unpaired) electrons. The topological polar surface area (TPSA) is 88.1 Å². The van der Waals surface area contributed by atoms with Gasteiger partial charge in [-0.1, -0.05) is 12.1 Å². The number of halogens is 2. The maximum Gasteiger partial charge on any atom is 0.231 e. The molecule has 0 fully saturated rings. The van der Waals surface area contributed by atoms with Crippen LogP contribution >= 0.6 is 27.7 Å². The van der Waals surface area contributed by atoms with E-state index in [0.717, 1.165) is 14.9 Å².